The zero-order valence-electron chi connectivity index (χ0n) is 10.7. The molecule has 0 amide bonds. The SMILES string of the molecule is Cc1ccc2ccn(Cc3cccc(C)n3)c2c1. The lowest BCUT2D eigenvalue weighted by atomic mass is 10.2. The van der Waals surface area contributed by atoms with Crippen LogP contribution in [0.5, 0.6) is 0 Å². The number of hydrogen-bond donors (Lipinski definition) is 0. The second-order valence-electron chi connectivity index (χ2n) is 4.78. The van der Waals surface area contributed by atoms with Crippen LogP contribution >= 0.6 is 0 Å². The fourth-order valence-electron chi connectivity index (χ4n) is 2.29. The molecule has 3 aromatic rings. The second-order valence-corrected chi connectivity index (χ2v) is 4.78. The molecule has 1 aromatic carbocycles. The molecule has 0 spiro atoms. The summed E-state index contributed by atoms with van der Waals surface area (Å²) in [6.45, 7) is 4.98. The average Bonchev–Trinajstić information content (AvgIpc) is 2.72. The molecule has 18 heavy (non-hydrogen) atoms. The molecule has 0 atom stereocenters. The molecule has 2 nitrogen and oxygen atoms in total. The highest BCUT2D eigenvalue weighted by Crippen LogP contribution is 2.18. The Kier molecular flexibility index (Phi) is 2.63. The van der Waals surface area contributed by atoms with Gasteiger partial charge in [0.1, 0.15) is 0 Å². The minimum absolute atomic E-state index is 0.828. The van der Waals surface area contributed by atoms with Gasteiger partial charge in [-0.1, -0.05) is 18.2 Å². The van der Waals surface area contributed by atoms with Crippen LogP contribution in [0.3, 0.4) is 0 Å². The van der Waals surface area contributed by atoms with Crippen LogP contribution in [0.25, 0.3) is 10.9 Å². The Morgan fingerprint density at radius 1 is 1.06 bits per heavy atom. The number of nitrogens with zero attached hydrogens (tertiary/aromatic N) is 2. The number of pyridine rings is 1. The third-order valence-electron chi connectivity index (χ3n) is 3.21. The summed E-state index contributed by atoms with van der Waals surface area (Å²) < 4.78 is 2.25. The number of fused-ring (bicyclic) bond motifs is 1. The van der Waals surface area contributed by atoms with Crippen LogP contribution in [-0.4, -0.2) is 9.55 Å². The molecule has 0 bridgehead atoms. The van der Waals surface area contributed by atoms with E-state index in [0.717, 1.165) is 17.9 Å². The summed E-state index contributed by atoms with van der Waals surface area (Å²) in [5.74, 6) is 0. The van der Waals surface area contributed by atoms with E-state index in [9.17, 15) is 0 Å². The molecule has 0 radical (unpaired) electrons. The van der Waals surface area contributed by atoms with Crippen molar-refractivity contribution in [1.29, 1.82) is 0 Å². The molecule has 2 heterocycles. The van der Waals surface area contributed by atoms with Crippen LogP contribution in [0, 0.1) is 13.8 Å². The Bertz CT molecular complexity index is 695. The number of aromatic nitrogens is 2. The van der Waals surface area contributed by atoms with Gasteiger partial charge in [-0.05, 0) is 49.1 Å². The van der Waals surface area contributed by atoms with Gasteiger partial charge in [-0.2, -0.15) is 0 Å². The van der Waals surface area contributed by atoms with Crippen molar-refractivity contribution < 1.29 is 0 Å². The summed E-state index contributed by atoms with van der Waals surface area (Å²) in [6.07, 6.45) is 2.13. The van der Waals surface area contributed by atoms with Gasteiger partial charge in [0.05, 0.1) is 12.2 Å². The smallest absolute Gasteiger partial charge is 0.0648 e. The fraction of sp³-hybridized carbons (Fsp3) is 0.188. The Morgan fingerprint density at radius 2 is 1.94 bits per heavy atom. The maximum Gasteiger partial charge on any atom is 0.0648 e. The maximum absolute atomic E-state index is 4.56. The third-order valence-corrected chi connectivity index (χ3v) is 3.21. The van der Waals surface area contributed by atoms with Gasteiger partial charge in [-0.25, -0.2) is 0 Å². The summed E-state index contributed by atoms with van der Waals surface area (Å²) in [4.78, 5) is 4.56. The van der Waals surface area contributed by atoms with E-state index in [2.05, 4.69) is 59.1 Å². The molecular weight excluding hydrogens is 220 g/mol. The van der Waals surface area contributed by atoms with E-state index in [1.807, 2.05) is 13.0 Å². The molecule has 0 aliphatic rings. The van der Waals surface area contributed by atoms with Gasteiger partial charge < -0.3 is 4.57 Å². The molecule has 0 saturated carbocycles. The van der Waals surface area contributed by atoms with E-state index in [0.29, 0.717) is 0 Å². The zero-order valence-corrected chi connectivity index (χ0v) is 10.7. The van der Waals surface area contributed by atoms with E-state index in [1.165, 1.54) is 16.5 Å². The topological polar surface area (TPSA) is 17.8 Å². The second kappa shape index (κ2) is 4.30. The van der Waals surface area contributed by atoms with Crippen LogP contribution in [0.1, 0.15) is 17.0 Å². The molecule has 2 aromatic heterocycles. The van der Waals surface area contributed by atoms with E-state index < -0.39 is 0 Å². The molecule has 0 saturated heterocycles. The molecule has 3 rings (SSSR count). The number of benzene rings is 1. The first-order valence-corrected chi connectivity index (χ1v) is 6.20. The molecule has 90 valence electrons. The molecule has 0 fully saturated rings. The summed E-state index contributed by atoms with van der Waals surface area (Å²) in [6, 6.07) is 14.9. The van der Waals surface area contributed by atoms with Gasteiger partial charge in [0, 0.05) is 17.4 Å². The minimum Gasteiger partial charge on any atom is -0.341 e. The van der Waals surface area contributed by atoms with E-state index >= 15 is 0 Å². The van der Waals surface area contributed by atoms with Crippen molar-refractivity contribution in [3.05, 3.63) is 65.6 Å². The molecule has 0 N–H and O–H groups in total. The highest BCUT2D eigenvalue weighted by molar-refractivity contribution is 5.80. The van der Waals surface area contributed by atoms with Crippen molar-refractivity contribution in [1.82, 2.24) is 9.55 Å². The van der Waals surface area contributed by atoms with E-state index in [1.54, 1.807) is 0 Å². The van der Waals surface area contributed by atoms with Crippen molar-refractivity contribution in [2.75, 3.05) is 0 Å². The third kappa shape index (κ3) is 2.02. The quantitative estimate of drug-likeness (QED) is 0.663. The maximum atomic E-state index is 4.56. The molecule has 0 aliphatic heterocycles. The van der Waals surface area contributed by atoms with Crippen molar-refractivity contribution >= 4 is 10.9 Å². The van der Waals surface area contributed by atoms with Crippen LogP contribution in [-0.2, 0) is 6.54 Å². The van der Waals surface area contributed by atoms with Crippen LogP contribution in [0.15, 0.2) is 48.7 Å². The summed E-state index contributed by atoms with van der Waals surface area (Å²) in [5.41, 5.74) is 4.74. The molecule has 0 aliphatic carbocycles. The van der Waals surface area contributed by atoms with E-state index in [4.69, 9.17) is 0 Å². The number of hydrogen-bond acceptors (Lipinski definition) is 1. The largest absolute Gasteiger partial charge is 0.341 e. The van der Waals surface area contributed by atoms with E-state index in [-0.39, 0.29) is 0 Å². The lowest BCUT2D eigenvalue weighted by Crippen LogP contribution is -2.01. The zero-order chi connectivity index (χ0) is 12.5. The minimum atomic E-state index is 0.828. The highest BCUT2D eigenvalue weighted by Gasteiger charge is 2.03. The standard InChI is InChI=1S/C16H16N2/c1-12-6-7-14-8-9-18(16(14)10-12)11-15-5-3-4-13(2)17-15/h3-10H,11H2,1-2H3. The van der Waals surface area contributed by atoms with Gasteiger partial charge in [-0.15, -0.1) is 0 Å². The lowest BCUT2D eigenvalue weighted by Gasteiger charge is -2.06. The van der Waals surface area contributed by atoms with Crippen molar-refractivity contribution in [3.8, 4) is 0 Å². The van der Waals surface area contributed by atoms with Gasteiger partial charge >= 0.3 is 0 Å². The number of rotatable bonds is 2. The van der Waals surface area contributed by atoms with Crippen LogP contribution in [0.2, 0.25) is 0 Å². The van der Waals surface area contributed by atoms with Crippen LogP contribution in [0.4, 0.5) is 0 Å². The Labute approximate surface area is 107 Å². The monoisotopic (exact) mass is 236 g/mol. The normalized spacial score (nSPS) is 11.0. The van der Waals surface area contributed by atoms with Gasteiger partial charge in [0.2, 0.25) is 0 Å². The summed E-state index contributed by atoms with van der Waals surface area (Å²) in [7, 11) is 0. The average molecular weight is 236 g/mol. The highest BCUT2D eigenvalue weighted by atomic mass is 15.0. The van der Waals surface area contributed by atoms with Gasteiger partial charge in [0.15, 0.2) is 0 Å². The van der Waals surface area contributed by atoms with Gasteiger partial charge in [-0.3, -0.25) is 4.98 Å². The summed E-state index contributed by atoms with van der Waals surface area (Å²) in [5, 5.41) is 1.29. The first-order valence-electron chi connectivity index (χ1n) is 6.20. The first kappa shape index (κ1) is 11.0. The van der Waals surface area contributed by atoms with Crippen molar-refractivity contribution in [2.45, 2.75) is 20.4 Å². The predicted molar refractivity (Wildman–Crippen MR) is 74.8 cm³/mol. The lowest BCUT2D eigenvalue weighted by molar-refractivity contribution is 0.802. The van der Waals surface area contributed by atoms with Gasteiger partial charge in [0.25, 0.3) is 0 Å². The molecule has 2 heteroatoms. The predicted octanol–water partition coefficient (Wildman–Crippen LogP) is 3.70. The Balaban J connectivity index is 2.02. The van der Waals surface area contributed by atoms with Crippen molar-refractivity contribution in [3.63, 3.8) is 0 Å². The Morgan fingerprint density at radius 3 is 2.78 bits per heavy atom. The fourth-order valence-corrected chi connectivity index (χ4v) is 2.29. The van der Waals surface area contributed by atoms with Crippen LogP contribution < -0.4 is 0 Å². The molecular formula is C16H16N2. The summed E-state index contributed by atoms with van der Waals surface area (Å²) >= 11 is 0. The molecule has 0 unspecified atom stereocenters. The van der Waals surface area contributed by atoms with Crippen molar-refractivity contribution in [2.24, 2.45) is 0 Å². The Hall–Kier alpha value is -2.09. The first-order chi connectivity index (χ1) is 8.72. The number of aryl methyl sites for hydroxylation is 2.